The Labute approximate surface area is 306 Å². The summed E-state index contributed by atoms with van der Waals surface area (Å²) in [6.07, 6.45) is 8.19. The molecule has 0 amide bonds. The fourth-order valence-electron chi connectivity index (χ4n) is 9.81. The molecule has 0 radical (unpaired) electrons. The van der Waals surface area contributed by atoms with Crippen molar-refractivity contribution in [2.75, 3.05) is 0 Å². The monoisotopic (exact) mass is 673 g/mol. The van der Waals surface area contributed by atoms with E-state index in [-0.39, 0.29) is 0 Å². The van der Waals surface area contributed by atoms with E-state index in [1.807, 2.05) is 12.3 Å². The third-order valence-electron chi connectivity index (χ3n) is 12.0. The summed E-state index contributed by atoms with van der Waals surface area (Å²) in [5.41, 5.74) is 17.8. The molecule has 0 saturated heterocycles. The van der Waals surface area contributed by atoms with E-state index in [0.29, 0.717) is 0 Å². The van der Waals surface area contributed by atoms with Gasteiger partial charge in [0.2, 0.25) is 0 Å². The molecule has 9 aromatic rings. The molecule has 0 N–H and O–H groups in total. The van der Waals surface area contributed by atoms with Crippen molar-refractivity contribution in [1.29, 1.82) is 0 Å². The van der Waals surface area contributed by atoms with Gasteiger partial charge in [-0.3, -0.25) is 4.98 Å². The average molecular weight is 674 g/mol. The molecule has 3 heterocycles. The van der Waals surface area contributed by atoms with E-state index in [1.54, 1.807) is 0 Å². The van der Waals surface area contributed by atoms with Crippen LogP contribution in [0.4, 0.5) is 0 Å². The van der Waals surface area contributed by atoms with Gasteiger partial charge in [0, 0.05) is 27.7 Å². The predicted octanol–water partition coefficient (Wildman–Crippen LogP) is 12.1. The first kappa shape index (κ1) is 28.9. The Morgan fingerprint density at radius 3 is 1.87 bits per heavy atom. The second-order valence-electron chi connectivity index (χ2n) is 14.6. The van der Waals surface area contributed by atoms with Gasteiger partial charge in [-0.1, -0.05) is 140 Å². The highest BCUT2D eigenvalue weighted by atomic mass is 14.8. The molecular weight excluding hydrogens is 643 g/mol. The Hall–Kier alpha value is -6.71. The first-order chi connectivity index (χ1) is 26.3. The molecule has 246 valence electrons. The van der Waals surface area contributed by atoms with Gasteiger partial charge in [-0.25, -0.2) is 9.97 Å². The molecule has 3 aliphatic rings. The summed E-state index contributed by atoms with van der Waals surface area (Å²) < 4.78 is 0. The molecule has 6 aromatic carbocycles. The summed E-state index contributed by atoms with van der Waals surface area (Å²) >= 11 is 0. The van der Waals surface area contributed by atoms with Crippen LogP contribution in [0.2, 0.25) is 0 Å². The Morgan fingerprint density at radius 2 is 1.09 bits per heavy atom. The molecule has 0 aliphatic heterocycles. The second-order valence-corrected chi connectivity index (χ2v) is 14.6. The lowest BCUT2D eigenvalue weighted by Crippen LogP contribution is -2.25. The third-order valence-corrected chi connectivity index (χ3v) is 12.0. The van der Waals surface area contributed by atoms with E-state index in [0.717, 1.165) is 51.6 Å². The molecule has 0 atom stereocenters. The number of para-hydroxylation sites is 1. The van der Waals surface area contributed by atoms with Crippen molar-refractivity contribution in [3.8, 4) is 22.3 Å². The number of benzene rings is 6. The van der Waals surface area contributed by atoms with E-state index in [4.69, 9.17) is 15.0 Å². The molecule has 3 aliphatic carbocycles. The van der Waals surface area contributed by atoms with Crippen molar-refractivity contribution in [3.05, 3.63) is 198 Å². The number of hydrogen-bond acceptors (Lipinski definition) is 3. The van der Waals surface area contributed by atoms with Crippen LogP contribution in [0.5, 0.6) is 0 Å². The molecule has 0 fully saturated rings. The first-order valence-electron chi connectivity index (χ1n) is 18.5. The Bertz CT molecular complexity index is 3080. The van der Waals surface area contributed by atoms with Crippen LogP contribution < -0.4 is 0 Å². The summed E-state index contributed by atoms with van der Waals surface area (Å²) in [6, 6.07) is 53.3. The molecule has 3 aromatic heterocycles. The smallest absolute Gasteiger partial charge is 0.0971 e. The van der Waals surface area contributed by atoms with Gasteiger partial charge in [0.1, 0.15) is 0 Å². The number of hydrogen-bond donors (Lipinski definition) is 0. The normalized spacial score (nSPS) is 15.0. The van der Waals surface area contributed by atoms with Crippen molar-refractivity contribution in [2.24, 2.45) is 0 Å². The molecule has 0 bridgehead atoms. The molecule has 0 saturated carbocycles. The molecular formula is C50H31N3. The second kappa shape index (κ2) is 10.7. The molecule has 0 unspecified atom stereocenters. The lowest BCUT2D eigenvalue weighted by Gasteiger charge is -2.30. The largest absolute Gasteiger partial charge is 0.254 e. The fraction of sp³-hybridized carbons (Fsp3) is 0.0600. The zero-order valence-electron chi connectivity index (χ0n) is 28.8. The number of nitrogens with zero attached hydrogens (tertiary/aromatic N) is 3. The van der Waals surface area contributed by atoms with Gasteiger partial charge in [0.15, 0.2) is 0 Å². The van der Waals surface area contributed by atoms with Crippen LogP contribution >= 0.6 is 0 Å². The topological polar surface area (TPSA) is 38.7 Å². The van der Waals surface area contributed by atoms with Crippen LogP contribution in [0.3, 0.4) is 0 Å². The highest BCUT2D eigenvalue weighted by molar-refractivity contribution is 6.17. The van der Waals surface area contributed by atoms with Gasteiger partial charge in [-0.2, -0.15) is 0 Å². The van der Waals surface area contributed by atoms with Crippen LogP contribution in [-0.2, 0) is 5.41 Å². The number of fused-ring (bicyclic) bond motifs is 17. The van der Waals surface area contributed by atoms with E-state index in [1.165, 1.54) is 71.8 Å². The van der Waals surface area contributed by atoms with Crippen LogP contribution in [0, 0.1) is 0 Å². The summed E-state index contributed by atoms with van der Waals surface area (Å²) in [7, 11) is 0. The summed E-state index contributed by atoms with van der Waals surface area (Å²) in [5, 5.41) is 5.91. The molecule has 3 heteroatoms. The predicted molar refractivity (Wildman–Crippen MR) is 218 cm³/mol. The van der Waals surface area contributed by atoms with Gasteiger partial charge in [0.05, 0.1) is 33.4 Å². The first-order valence-corrected chi connectivity index (χ1v) is 18.5. The standard InChI is InChI=1S/C50H31N3/c1-5-15-39-34(11-1)35-12-2-6-16-40(35)50(39)41-17-7-3-14-38(41)45-42(50)27-26-37-36-13-4-8-18-44(36)53-47(46(37)45)32-21-19-30(20-22-32)43-28-25-33-24-23-31-10-9-29-51-48(31)49(33)52-43/h1-19,21,23-29H,20,22H2. The molecule has 12 rings (SSSR count). The summed E-state index contributed by atoms with van der Waals surface area (Å²) in [5.74, 6) is 0. The van der Waals surface area contributed by atoms with Gasteiger partial charge in [-0.15, -0.1) is 0 Å². The van der Waals surface area contributed by atoms with Crippen molar-refractivity contribution in [3.63, 3.8) is 0 Å². The third kappa shape index (κ3) is 3.81. The van der Waals surface area contributed by atoms with Gasteiger partial charge in [0.25, 0.3) is 0 Å². The summed E-state index contributed by atoms with van der Waals surface area (Å²) in [4.78, 5) is 15.4. The van der Waals surface area contributed by atoms with E-state index >= 15 is 0 Å². The zero-order valence-corrected chi connectivity index (χ0v) is 28.8. The van der Waals surface area contributed by atoms with E-state index in [2.05, 4.69) is 152 Å². The SMILES string of the molecule is C1=C(c2ccc3ccc4cccnc4c3n2)CCC(c2nc3ccccc3c3ccc4c(c23)-c2ccccc2C42c3ccccc3-c3ccccc32)=C1. The Balaban J connectivity index is 1.11. The molecule has 53 heavy (non-hydrogen) atoms. The average Bonchev–Trinajstić information content (AvgIpc) is 3.71. The zero-order chi connectivity index (χ0) is 34.7. The van der Waals surface area contributed by atoms with Crippen LogP contribution in [0.1, 0.15) is 46.5 Å². The Morgan fingerprint density at radius 1 is 0.453 bits per heavy atom. The maximum Gasteiger partial charge on any atom is 0.0971 e. The number of rotatable bonds is 2. The van der Waals surface area contributed by atoms with Crippen LogP contribution in [-0.4, -0.2) is 15.0 Å². The minimum atomic E-state index is -0.398. The van der Waals surface area contributed by atoms with Crippen molar-refractivity contribution in [1.82, 2.24) is 15.0 Å². The van der Waals surface area contributed by atoms with Gasteiger partial charge in [-0.05, 0) is 92.1 Å². The van der Waals surface area contributed by atoms with Crippen molar-refractivity contribution >= 4 is 54.6 Å². The van der Waals surface area contributed by atoms with E-state index < -0.39 is 5.41 Å². The fourth-order valence-corrected chi connectivity index (χ4v) is 9.81. The van der Waals surface area contributed by atoms with Crippen LogP contribution in [0.15, 0.2) is 164 Å². The Kier molecular flexibility index (Phi) is 5.82. The van der Waals surface area contributed by atoms with Crippen molar-refractivity contribution < 1.29 is 0 Å². The maximum atomic E-state index is 5.53. The van der Waals surface area contributed by atoms with E-state index in [9.17, 15) is 0 Å². The van der Waals surface area contributed by atoms with Gasteiger partial charge >= 0.3 is 0 Å². The lowest BCUT2D eigenvalue weighted by atomic mass is 9.70. The summed E-state index contributed by atoms with van der Waals surface area (Å²) in [6.45, 7) is 0. The van der Waals surface area contributed by atoms with Crippen LogP contribution in [0.25, 0.3) is 76.9 Å². The minimum absolute atomic E-state index is 0.398. The highest BCUT2D eigenvalue weighted by Gasteiger charge is 2.52. The lowest BCUT2D eigenvalue weighted by molar-refractivity contribution is 0.794. The number of pyridine rings is 3. The number of aromatic nitrogens is 3. The van der Waals surface area contributed by atoms with Gasteiger partial charge < -0.3 is 0 Å². The minimum Gasteiger partial charge on any atom is -0.254 e. The number of allylic oxidation sites excluding steroid dienone is 4. The quantitative estimate of drug-likeness (QED) is 0.171. The molecule has 3 nitrogen and oxygen atoms in total. The molecule has 1 spiro atoms. The van der Waals surface area contributed by atoms with Crippen molar-refractivity contribution in [2.45, 2.75) is 18.3 Å². The highest BCUT2D eigenvalue weighted by Crippen LogP contribution is 2.64. The maximum absolute atomic E-state index is 5.53.